The third-order valence-electron chi connectivity index (χ3n) is 23.9. The van der Waals surface area contributed by atoms with Crippen LogP contribution < -0.4 is 9.80 Å². The molecule has 0 amide bonds. The minimum Gasteiger partial charge on any atom is -0.313 e. The number of nitrogens with zero attached hydrogens (tertiary/aromatic N) is 4. The Kier molecular flexibility index (Phi) is 11.9. The van der Waals surface area contributed by atoms with Crippen LogP contribution in [0.25, 0.3) is 121 Å². The lowest BCUT2D eigenvalue weighted by Gasteiger charge is -2.34. The third-order valence-corrected chi connectivity index (χ3v) is 23.9. The molecule has 23 rings (SSSR count). The van der Waals surface area contributed by atoms with Crippen LogP contribution in [0.1, 0.15) is 57.3 Å². The van der Waals surface area contributed by atoms with Crippen LogP contribution in [-0.2, 0) is 10.8 Å². The first-order valence-corrected chi connectivity index (χ1v) is 36.5. The Morgan fingerprint density at radius 2 is 0.567 bits per heavy atom. The second kappa shape index (κ2) is 21.6. The molecule has 2 heterocycles. The summed E-state index contributed by atoms with van der Waals surface area (Å²) in [5.41, 5.74) is 34.0. The number of aromatic nitrogens is 2. The molecule has 4 heteroatoms. The zero-order valence-electron chi connectivity index (χ0n) is 56.8. The molecule has 0 saturated heterocycles. The standard InChI is InChI=1S/C100H64N4/c1-3-27-63(28-4-1)101(65-53-57-95-83(59-65)77-37-17-25-49-93(77)103(95)67-51-55-75-73-35-15-23-47-89(73)99(91(75)61-67)85-43-19-11-31-69(85)70-32-12-20-44-86(70)99)97-79-39-7-9-41-81(79)98(82-42-10-8-40-80(82)97)102(64-29-5-2-6-30-64)66-54-58-96-84(60-66)78-38-18-26-50-94(78)104(96)68-52-56-76-74-36-16-24-48-90(74)100(92(76)62-68)87-45-21-13-33-71(87)72-34-14-22-46-88(72)100/h1-5,7-29,31-62H,6,30H2. The van der Waals surface area contributed by atoms with Crippen molar-refractivity contribution in [1.29, 1.82) is 0 Å². The first-order chi connectivity index (χ1) is 51.6. The number of rotatable bonds is 8. The van der Waals surface area contributed by atoms with E-state index < -0.39 is 10.8 Å². The molecule has 2 spiro atoms. The Balaban J connectivity index is 0.699. The van der Waals surface area contributed by atoms with Crippen molar-refractivity contribution in [2.45, 2.75) is 23.7 Å². The molecule has 4 nitrogen and oxygen atoms in total. The van der Waals surface area contributed by atoms with E-state index >= 15 is 0 Å². The topological polar surface area (TPSA) is 16.3 Å². The molecule has 0 atom stereocenters. The maximum atomic E-state index is 2.60. The summed E-state index contributed by atoms with van der Waals surface area (Å²) < 4.78 is 5.03. The fourth-order valence-electron chi connectivity index (χ4n) is 20.0. The Labute approximate surface area is 602 Å². The highest BCUT2D eigenvalue weighted by Crippen LogP contribution is 2.65. The van der Waals surface area contributed by atoms with Crippen molar-refractivity contribution in [2.75, 3.05) is 9.80 Å². The average Bonchev–Trinajstić information content (AvgIpc) is 1.51. The molecule has 5 aliphatic carbocycles. The van der Waals surface area contributed by atoms with Crippen molar-refractivity contribution in [3.8, 4) is 55.9 Å². The second-order valence-corrected chi connectivity index (χ2v) is 28.8. The van der Waals surface area contributed by atoms with Gasteiger partial charge in [0.25, 0.3) is 0 Å². The normalized spacial score (nSPS) is 14.2. The predicted octanol–water partition coefficient (Wildman–Crippen LogP) is 25.7. The largest absolute Gasteiger partial charge is 0.313 e. The summed E-state index contributed by atoms with van der Waals surface area (Å²) in [5.74, 6) is 0. The molecule has 0 radical (unpaired) electrons. The number of anilines is 5. The van der Waals surface area contributed by atoms with E-state index in [4.69, 9.17) is 0 Å². The Hall–Kier alpha value is -13.3. The molecular formula is C100H64N4. The van der Waals surface area contributed by atoms with Gasteiger partial charge in [-0.1, -0.05) is 273 Å². The lowest BCUT2D eigenvalue weighted by atomic mass is 9.70. The molecule has 0 unspecified atom stereocenters. The summed E-state index contributed by atoms with van der Waals surface area (Å²) in [6.45, 7) is 0. The van der Waals surface area contributed by atoms with Crippen LogP contribution in [0.2, 0.25) is 0 Å². The van der Waals surface area contributed by atoms with Gasteiger partial charge in [0.15, 0.2) is 0 Å². The molecular weight excluding hydrogens is 1260 g/mol. The summed E-state index contributed by atoms with van der Waals surface area (Å²) >= 11 is 0. The molecule has 0 bridgehead atoms. The molecule has 0 saturated carbocycles. The molecule has 0 fully saturated rings. The van der Waals surface area contributed by atoms with E-state index in [0.29, 0.717) is 0 Å². The molecule has 16 aromatic carbocycles. The molecule has 0 N–H and O–H groups in total. The van der Waals surface area contributed by atoms with Crippen LogP contribution in [-0.4, -0.2) is 9.13 Å². The van der Waals surface area contributed by atoms with Gasteiger partial charge < -0.3 is 18.9 Å². The van der Waals surface area contributed by atoms with Gasteiger partial charge in [0.1, 0.15) is 0 Å². The van der Waals surface area contributed by atoms with Crippen LogP contribution in [0, 0.1) is 0 Å². The monoisotopic (exact) mass is 1320 g/mol. The number of benzene rings is 16. The molecule has 484 valence electrons. The van der Waals surface area contributed by atoms with E-state index in [-0.39, 0.29) is 0 Å². The van der Waals surface area contributed by atoms with Crippen LogP contribution in [0.3, 0.4) is 0 Å². The first kappa shape index (κ1) is 57.5. The van der Waals surface area contributed by atoms with E-state index in [1.54, 1.807) is 0 Å². The predicted molar refractivity (Wildman–Crippen MR) is 432 cm³/mol. The van der Waals surface area contributed by atoms with Gasteiger partial charge in [-0.25, -0.2) is 0 Å². The number of allylic oxidation sites excluding steroid dienone is 4. The summed E-state index contributed by atoms with van der Waals surface area (Å²) in [7, 11) is 0. The second-order valence-electron chi connectivity index (χ2n) is 28.8. The van der Waals surface area contributed by atoms with E-state index in [1.807, 2.05) is 0 Å². The fourth-order valence-corrected chi connectivity index (χ4v) is 20.0. The van der Waals surface area contributed by atoms with Gasteiger partial charge in [-0.15, -0.1) is 0 Å². The number of hydrogen-bond donors (Lipinski definition) is 0. The summed E-state index contributed by atoms with van der Waals surface area (Å²) in [6.07, 6.45) is 8.74. The SMILES string of the molecule is C1=CCCC(N(c2ccc3c(c2)c2ccccc2n3-c2ccc3c(c2)C2(c4ccccc4-c4ccccc42)c2ccccc2-3)c2c3ccccc3c(N(c3ccccc3)c3ccc4c(c3)c3ccccc3n4-c3ccc4c(c3)C3(c5ccccc5-c5ccccc53)c3ccccc3-4)c3ccccc23)=C1. The summed E-state index contributed by atoms with van der Waals surface area (Å²) in [6, 6.07) is 131. The zero-order chi connectivity index (χ0) is 67.9. The van der Waals surface area contributed by atoms with Crippen molar-refractivity contribution >= 4 is 93.6 Å². The number of fused-ring (bicyclic) bond motifs is 28. The van der Waals surface area contributed by atoms with Crippen molar-refractivity contribution in [2.24, 2.45) is 0 Å². The van der Waals surface area contributed by atoms with Crippen molar-refractivity contribution in [3.05, 3.63) is 414 Å². The molecule has 2 aromatic heterocycles. The maximum absolute atomic E-state index is 2.60. The summed E-state index contributed by atoms with van der Waals surface area (Å²) in [4.78, 5) is 5.13. The maximum Gasteiger partial charge on any atom is 0.0726 e. The van der Waals surface area contributed by atoms with Gasteiger partial charge in [0, 0.05) is 77.2 Å². The highest BCUT2D eigenvalue weighted by Gasteiger charge is 2.53. The highest BCUT2D eigenvalue weighted by atomic mass is 15.2. The van der Waals surface area contributed by atoms with Crippen LogP contribution in [0.5, 0.6) is 0 Å². The lowest BCUT2D eigenvalue weighted by molar-refractivity contribution is 0.792. The minimum atomic E-state index is -0.462. The van der Waals surface area contributed by atoms with Gasteiger partial charge in [-0.2, -0.15) is 0 Å². The zero-order valence-corrected chi connectivity index (χ0v) is 56.8. The first-order valence-electron chi connectivity index (χ1n) is 36.5. The Bertz CT molecular complexity index is 6650. The smallest absolute Gasteiger partial charge is 0.0726 e. The van der Waals surface area contributed by atoms with E-state index in [1.165, 1.54) is 149 Å². The Morgan fingerprint density at radius 3 is 0.962 bits per heavy atom. The summed E-state index contributed by atoms with van der Waals surface area (Å²) in [5, 5.41) is 9.48. The van der Waals surface area contributed by atoms with Gasteiger partial charge >= 0.3 is 0 Å². The van der Waals surface area contributed by atoms with Crippen molar-refractivity contribution in [1.82, 2.24) is 9.13 Å². The number of hydrogen-bond acceptors (Lipinski definition) is 2. The molecule has 18 aromatic rings. The molecule has 5 aliphatic rings. The van der Waals surface area contributed by atoms with Crippen molar-refractivity contribution < 1.29 is 0 Å². The van der Waals surface area contributed by atoms with E-state index in [9.17, 15) is 0 Å². The fraction of sp³-hybridized carbons (Fsp3) is 0.0400. The van der Waals surface area contributed by atoms with Crippen LogP contribution in [0.4, 0.5) is 28.4 Å². The molecule has 0 aliphatic heterocycles. The van der Waals surface area contributed by atoms with E-state index in [0.717, 1.165) is 63.3 Å². The van der Waals surface area contributed by atoms with E-state index in [2.05, 4.69) is 383 Å². The minimum absolute atomic E-state index is 0.459. The molecule has 104 heavy (non-hydrogen) atoms. The average molecular weight is 1320 g/mol. The van der Waals surface area contributed by atoms with Crippen LogP contribution in [0.15, 0.2) is 370 Å². The van der Waals surface area contributed by atoms with Crippen molar-refractivity contribution in [3.63, 3.8) is 0 Å². The van der Waals surface area contributed by atoms with Gasteiger partial charge in [-0.3, -0.25) is 0 Å². The van der Waals surface area contributed by atoms with Gasteiger partial charge in [-0.05, 0) is 193 Å². The number of para-hydroxylation sites is 3. The van der Waals surface area contributed by atoms with Crippen LogP contribution >= 0.6 is 0 Å². The third kappa shape index (κ3) is 7.55. The van der Waals surface area contributed by atoms with Gasteiger partial charge in [0.2, 0.25) is 0 Å². The Morgan fingerprint density at radius 1 is 0.240 bits per heavy atom. The quantitative estimate of drug-likeness (QED) is 0.111. The van der Waals surface area contributed by atoms with Gasteiger partial charge in [0.05, 0.1) is 44.3 Å². The highest BCUT2D eigenvalue weighted by molar-refractivity contribution is 6.24. The lowest BCUT2D eigenvalue weighted by Crippen LogP contribution is -2.26.